The van der Waals surface area contributed by atoms with E-state index in [1.807, 2.05) is 53.7 Å². The van der Waals surface area contributed by atoms with E-state index in [4.69, 9.17) is 4.98 Å². The molecule has 10 nitrogen and oxygen atoms in total. The van der Waals surface area contributed by atoms with Gasteiger partial charge in [0.05, 0.1) is 34.6 Å². The number of fused-ring (bicyclic) bond motifs is 9. The van der Waals surface area contributed by atoms with Crippen LogP contribution in [0.4, 0.5) is 0 Å². The fraction of sp³-hybridized carbons (Fsp3) is 0.200. The number of nitrogens with zero attached hydrogens (tertiary/aromatic N) is 8. The van der Waals surface area contributed by atoms with E-state index in [2.05, 4.69) is 53.5 Å². The standard InChI is InChI=1S/C25H22N10/c1-34-6-3-7-35-14-22(31-33-35)17-4-2-5-19-23(17)29-25(28-19)24-18-9-20(27-12-21(18)30-32-24)16-8-15(13-34)10-26-11-16/h2,4-5,8-12,14H,3,6-7,13H2,1H3,(H,28,29)(H,30,32). The molecule has 2 N–H and O–H groups in total. The van der Waals surface area contributed by atoms with Crippen LogP contribution in [0.3, 0.4) is 0 Å². The fourth-order valence-electron chi connectivity index (χ4n) is 4.74. The minimum absolute atomic E-state index is 0.689. The Hall–Kier alpha value is -4.44. The summed E-state index contributed by atoms with van der Waals surface area (Å²) in [6.07, 6.45) is 8.54. The lowest BCUT2D eigenvalue weighted by Gasteiger charge is -2.16. The van der Waals surface area contributed by atoms with Gasteiger partial charge in [0, 0.05) is 42.0 Å². The zero-order valence-corrected chi connectivity index (χ0v) is 19.1. The fourth-order valence-corrected chi connectivity index (χ4v) is 4.74. The summed E-state index contributed by atoms with van der Waals surface area (Å²) in [5.41, 5.74) is 8.07. The number of nitrogens with one attached hydrogen (secondary N) is 2. The predicted octanol–water partition coefficient (Wildman–Crippen LogP) is 3.66. The summed E-state index contributed by atoms with van der Waals surface area (Å²) in [5, 5.41) is 17.4. The highest BCUT2D eigenvalue weighted by Crippen LogP contribution is 2.32. The Morgan fingerprint density at radius 3 is 2.94 bits per heavy atom. The molecule has 5 aromatic heterocycles. The molecule has 10 heteroatoms. The number of pyridine rings is 2. The Morgan fingerprint density at radius 1 is 1.00 bits per heavy atom. The summed E-state index contributed by atoms with van der Waals surface area (Å²) in [5.74, 6) is 0.689. The van der Waals surface area contributed by atoms with Gasteiger partial charge in [0.1, 0.15) is 11.4 Å². The number of aryl methyl sites for hydroxylation is 1. The minimum atomic E-state index is 0.689. The molecule has 1 aliphatic rings. The Labute approximate surface area is 200 Å². The molecule has 0 unspecified atom stereocenters. The normalized spacial score (nSPS) is 14.4. The Morgan fingerprint density at radius 2 is 1.97 bits per heavy atom. The molecule has 6 heterocycles. The zero-order chi connectivity index (χ0) is 23.4. The second-order valence-electron chi connectivity index (χ2n) is 9.01. The van der Waals surface area contributed by atoms with Gasteiger partial charge in [-0.05, 0) is 43.8 Å². The second kappa shape index (κ2) is 7.81. The Balaban J connectivity index is 1.43. The van der Waals surface area contributed by atoms with Crippen LogP contribution in [0.25, 0.3) is 56.0 Å². The van der Waals surface area contributed by atoms with E-state index in [-0.39, 0.29) is 0 Å². The molecule has 0 radical (unpaired) electrons. The van der Waals surface area contributed by atoms with Crippen molar-refractivity contribution in [2.75, 3.05) is 13.6 Å². The molecule has 1 aromatic carbocycles. The van der Waals surface area contributed by atoms with E-state index in [0.29, 0.717) is 5.82 Å². The molecule has 0 atom stereocenters. The van der Waals surface area contributed by atoms with Crippen molar-refractivity contribution in [3.8, 4) is 34.0 Å². The van der Waals surface area contributed by atoms with Crippen LogP contribution < -0.4 is 0 Å². The maximum atomic E-state index is 4.94. The molecule has 0 amide bonds. The Kier molecular flexibility index (Phi) is 4.46. The molecule has 35 heavy (non-hydrogen) atoms. The molecule has 0 aliphatic carbocycles. The van der Waals surface area contributed by atoms with Gasteiger partial charge in [-0.2, -0.15) is 5.10 Å². The number of rotatable bonds is 0. The van der Waals surface area contributed by atoms with E-state index in [0.717, 1.165) is 81.8 Å². The number of para-hydroxylation sites is 1. The first kappa shape index (κ1) is 20.0. The number of hydrogen-bond donors (Lipinski definition) is 2. The van der Waals surface area contributed by atoms with Crippen LogP contribution in [0.15, 0.2) is 55.1 Å². The molecular weight excluding hydrogens is 440 g/mol. The highest BCUT2D eigenvalue weighted by molar-refractivity contribution is 5.97. The molecule has 8 bridgehead atoms. The van der Waals surface area contributed by atoms with Crippen molar-refractivity contribution in [3.05, 3.63) is 60.7 Å². The van der Waals surface area contributed by atoms with E-state index in [1.165, 1.54) is 0 Å². The molecule has 0 fully saturated rings. The van der Waals surface area contributed by atoms with Gasteiger partial charge in [0.15, 0.2) is 5.82 Å². The maximum absolute atomic E-state index is 4.94. The van der Waals surface area contributed by atoms with Gasteiger partial charge in [-0.1, -0.05) is 17.3 Å². The smallest absolute Gasteiger partial charge is 0.159 e. The molecule has 6 aromatic rings. The maximum Gasteiger partial charge on any atom is 0.159 e. The number of aromatic nitrogens is 9. The van der Waals surface area contributed by atoms with E-state index in [1.54, 1.807) is 0 Å². The summed E-state index contributed by atoms with van der Waals surface area (Å²) in [6.45, 7) is 2.53. The van der Waals surface area contributed by atoms with Crippen molar-refractivity contribution >= 4 is 21.9 Å². The first-order chi connectivity index (χ1) is 17.2. The molecule has 7 rings (SSSR count). The quantitative estimate of drug-likeness (QED) is 0.354. The molecule has 0 spiro atoms. The number of H-pyrrole nitrogens is 2. The van der Waals surface area contributed by atoms with Crippen LogP contribution in [-0.2, 0) is 13.1 Å². The summed E-state index contributed by atoms with van der Waals surface area (Å²) in [6, 6.07) is 10.3. The van der Waals surface area contributed by atoms with Crippen LogP contribution in [0.1, 0.15) is 12.0 Å². The van der Waals surface area contributed by atoms with Crippen molar-refractivity contribution in [1.82, 2.24) is 50.0 Å². The van der Waals surface area contributed by atoms with Gasteiger partial charge in [-0.15, -0.1) is 5.10 Å². The van der Waals surface area contributed by atoms with Crippen LogP contribution in [0.5, 0.6) is 0 Å². The summed E-state index contributed by atoms with van der Waals surface area (Å²) < 4.78 is 1.90. The van der Waals surface area contributed by atoms with E-state index >= 15 is 0 Å². The van der Waals surface area contributed by atoms with Crippen molar-refractivity contribution < 1.29 is 0 Å². The molecule has 0 saturated heterocycles. The third-order valence-electron chi connectivity index (χ3n) is 6.47. The van der Waals surface area contributed by atoms with Gasteiger partial charge in [0.2, 0.25) is 0 Å². The monoisotopic (exact) mass is 462 g/mol. The van der Waals surface area contributed by atoms with Crippen molar-refractivity contribution in [1.29, 1.82) is 0 Å². The summed E-state index contributed by atoms with van der Waals surface area (Å²) >= 11 is 0. The van der Waals surface area contributed by atoms with Crippen molar-refractivity contribution in [3.63, 3.8) is 0 Å². The third-order valence-corrected chi connectivity index (χ3v) is 6.47. The number of hydrogen-bond acceptors (Lipinski definition) is 7. The Bertz CT molecular complexity index is 1690. The first-order valence-corrected chi connectivity index (χ1v) is 11.6. The van der Waals surface area contributed by atoms with Crippen LogP contribution in [0.2, 0.25) is 0 Å². The first-order valence-electron chi connectivity index (χ1n) is 11.6. The van der Waals surface area contributed by atoms with Crippen LogP contribution in [-0.4, -0.2) is 63.6 Å². The van der Waals surface area contributed by atoms with Crippen LogP contribution in [0, 0.1) is 0 Å². The average molecular weight is 463 g/mol. The van der Waals surface area contributed by atoms with Crippen molar-refractivity contribution in [2.45, 2.75) is 19.5 Å². The molecular formula is C25H22N10. The molecule has 1 aliphatic heterocycles. The second-order valence-corrected chi connectivity index (χ2v) is 9.01. The topological polar surface area (TPSA) is 117 Å². The van der Waals surface area contributed by atoms with Crippen molar-refractivity contribution in [2.24, 2.45) is 0 Å². The van der Waals surface area contributed by atoms with E-state index < -0.39 is 0 Å². The molecule has 172 valence electrons. The highest BCUT2D eigenvalue weighted by atomic mass is 15.4. The van der Waals surface area contributed by atoms with Gasteiger partial charge in [-0.25, -0.2) is 4.98 Å². The number of aromatic amines is 2. The summed E-state index contributed by atoms with van der Waals surface area (Å²) in [7, 11) is 2.12. The average Bonchev–Trinajstić information content (AvgIpc) is 3.61. The van der Waals surface area contributed by atoms with Gasteiger partial charge in [-0.3, -0.25) is 19.7 Å². The third kappa shape index (κ3) is 3.46. The zero-order valence-electron chi connectivity index (χ0n) is 19.1. The van der Waals surface area contributed by atoms with Gasteiger partial charge >= 0.3 is 0 Å². The highest BCUT2D eigenvalue weighted by Gasteiger charge is 2.18. The van der Waals surface area contributed by atoms with Gasteiger partial charge in [0.25, 0.3) is 0 Å². The largest absolute Gasteiger partial charge is 0.337 e. The SMILES string of the molecule is CN1CCCn2cc(nn2)-c2cccc3[nH]c(nc23)-c2n[nH]c3cnc(cc23)-c2cncc(c2)C1. The lowest BCUT2D eigenvalue weighted by molar-refractivity contribution is 0.310. The van der Waals surface area contributed by atoms with Gasteiger partial charge < -0.3 is 9.88 Å². The van der Waals surface area contributed by atoms with E-state index in [9.17, 15) is 0 Å². The van der Waals surface area contributed by atoms with Crippen LogP contribution >= 0.6 is 0 Å². The summed E-state index contributed by atoms with van der Waals surface area (Å²) in [4.78, 5) is 19.8. The predicted molar refractivity (Wildman–Crippen MR) is 132 cm³/mol. The lowest BCUT2D eigenvalue weighted by Crippen LogP contribution is -2.20. The molecule has 0 saturated carbocycles. The number of imidazole rings is 1. The minimum Gasteiger partial charge on any atom is -0.337 e. The number of benzene rings is 1. The lowest BCUT2D eigenvalue weighted by atomic mass is 10.1.